The molecule has 1 aliphatic rings. The average molecular weight is 228 g/mol. The highest BCUT2D eigenvalue weighted by molar-refractivity contribution is 4.98. The largest absolute Gasteiger partial charge is 0.396 e. The van der Waals surface area contributed by atoms with Gasteiger partial charge in [-0.05, 0) is 31.6 Å². The van der Waals surface area contributed by atoms with Gasteiger partial charge >= 0.3 is 0 Å². The highest BCUT2D eigenvalue weighted by atomic mass is 16.3. The van der Waals surface area contributed by atoms with Crippen molar-refractivity contribution in [3.05, 3.63) is 0 Å². The van der Waals surface area contributed by atoms with E-state index in [9.17, 15) is 5.11 Å². The Morgan fingerprint density at radius 1 is 1.44 bits per heavy atom. The van der Waals surface area contributed by atoms with Gasteiger partial charge in [0.15, 0.2) is 0 Å². The van der Waals surface area contributed by atoms with Crippen molar-refractivity contribution in [2.24, 2.45) is 17.6 Å². The minimum absolute atomic E-state index is 0.0983. The highest BCUT2D eigenvalue weighted by Crippen LogP contribution is 2.33. The fourth-order valence-corrected chi connectivity index (χ4v) is 2.74. The van der Waals surface area contributed by atoms with E-state index in [2.05, 4.69) is 26.1 Å². The Morgan fingerprint density at radius 3 is 2.62 bits per heavy atom. The van der Waals surface area contributed by atoms with Crippen LogP contribution in [0.3, 0.4) is 0 Å². The van der Waals surface area contributed by atoms with Gasteiger partial charge in [0.2, 0.25) is 0 Å². The van der Waals surface area contributed by atoms with Crippen molar-refractivity contribution < 1.29 is 5.11 Å². The lowest BCUT2D eigenvalue weighted by atomic mass is 9.73. The molecule has 1 aliphatic carbocycles. The third-order valence-corrected chi connectivity index (χ3v) is 4.47. The van der Waals surface area contributed by atoms with Crippen LogP contribution in [0.4, 0.5) is 0 Å². The second-order valence-electron chi connectivity index (χ2n) is 5.60. The van der Waals surface area contributed by atoms with E-state index in [0.29, 0.717) is 18.5 Å². The fourth-order valence-electron chi connectivity index (χ4n) is 2.74. The van der Waals surface area contributed by atoms with E-state index < -0.39 is 0 Å². The summed E-state index contributed by atoms with van der Waals surface area (Å²) in [4.78, 5) is 0. The first-order chi connectivity index (χ1) is 7.55. The zero-order chi connectivity index (χ0) is 12.2. The van der Waals surface area contributed by atoms with Crippen LogP contribution in [-0.2, 0) is 0 Å². The molecular formula is C13H28N2O. The molecule has 0 amide bonds. The number of nitrogens with two attached hydrogens (primary N) is 1. The first kappa shape index (κ1) is 13.9. The van der Waals surface area contributed by atoms with Crippen LogP contribution in [0, 0.1) is 11.8 Å². The van der Waals surface area contributed by atoms with Gasteiger partial charge < -0.3 is 16.2 Å². The monoisotopic (exact) mass is 228 g/mol. The lowest BCUT2D eigenvalue weighted by Gasteiger charge is -2.45. The molecule has 0 aromatic carbocycles. The maximum atomic E-state index is 9.19. The maximum Gasteiger partial charge on any atom is 0.0471 e. The van der Waals surface area contributed by atoms with Gasteiger partial charge in [-0.15, -0.1) is 0 Å². The van der Waals surface area contributed by atoms with E-state index in [1.165, 1.54) is 25.7 Å². The van der Waals surface area contributed by atoms with E-state index >= 15 is 0 Å². The van der Waals surface area contributed by atoms with Crippen LogP contribution in [0.25, 0.3) is 0 Å². The molecular weight excluding hydrogens is 200 g/mol. The van der Waals surface area contributed by atoms with Crippen LogP contribution in [0.1, 0.15) is 46.5 Å². The molecule has 0 aromatic heterocycles. The van der Waals surface area contributed by atoms with Gasteiger partial charge in [0, 0.05) is 24.7 Å². The molecule has 96 valence electrons. The second kappa shape index (κ2) is 5.99. The molecule has 3 heteroatoms. The number of nitrogens with one attached hydrogen (secondary N) is 1. The van der Waals surface area contributed by atoms with E-state index in [0.717, 1.165) is 0 Å². The van der Waals surface area contributed by atoms with Crippen LogP contribution in [0.15, 0.2) is 0 Å². The Kier molecular flexibility index (Phi) is 5.22. The number of aliphatic hydroxyl groups excluding tert-OH is 1. The summed E-state index contributed by atoms with van der Waals surface area (Å²) in [7, 11) is 0. The van der Waals surface area contributed by atoms with Gasteiger partial charge in [-0.25, -0.2) is 0 Å². The summed E-state index contributed by atoms with van der Waals surface area (Å²) in [5.41, 5.74) is 6.09. The topological polar surface area (TPSA) is 58.3 Å². The van der Waals surface area contributed by atoms with Gasteiger partial charge in [0.25, 0.3) is 0 Å². The predicted molar refractivity (Wildman–Crippen MR) is 68.3 cm³/mol. The molecule has 16 heavy (non-hydrogen) atoms. The van der Waals surface area contributed by atoms with Crippen LogP contribution in [-0.4, -0.2) is 29.8 Å². The lowest BCUT2D eigenvalue weighted by molar-refractivity contribution is 0.117. The maximum absolute atomic E-state index is 9.19. The molecule has 1 rings (SSSR count). The van der Waals surface area contributed by atoms with Crippen LogP contribution >= 0.6 is 0 Å². The molecule has 4 atom stereocenters. The molecule has 0 saturated heterocycles. The van der Waals surface area contributed by atoms with E-state index in [1.54, 1.807) is 0 Å². The van der Waals surface area contributed by atoms with Crippen molar-refractivity contribution in [2.45, 2.75) is 58.0 Å². The van der Waals surface area contributed by atoms with Gasteiger partial charge in [0.05, 0.1) is 0 Å². The third-order valence-electron chi connectivity index (χ3n) is 4.47. The van der Waals surface area contributed by atoms with Gasteiger partial charge in [-0.1, -0.05) is 26.7 Å². The zero-order valence-electron chi connectivity index (χ0n) is 11.0. The zero-order valence-corrected chi connectivity index (χ0v) is 11.0. The number of hydrogen-bond acceptors (Lipinski definition) is 3. The summed E-state index contributed by atoms with van der Waals surface area (Å²) in [6.45, 7) is 7.48. The van der Waals surface area contributed by atoms with Gasteiger partial charge in [0.1, 0.15) is 0 Å². The van der Waals surface area contributed by atoms with E-state index in [1.807, 2.05) is 0 Å². The Hall–Kier alpha value is -0.120. The normalized spacial score (nSPS) is 34.7. The Labute approximate surface area is 99.8 Å². The summed E-state index contributed by atoms with van der Waals surface area (Å²) in [5, 5.41) is 12.9. The minimum atomic E-state index is 0.0983. The number of hydrogen-bond donors (Lipinski definition) is 3. The van der Waals surface area contributed by atoms with E-state index in [4.69, 9.17) is 5.73 Å². The Bertz CT molecular complexity index is 210. The average Bonchev–Trinajstić information content (AvgIpc) is 2.31. The smallest absolute Gasteiger partial charge is 0.0471 e. The molecule has 0 spiro atoms. The van der Waals surface area contributed by atoms with Crippen molar-refractivity contribution in [3.8, 4) is 0 Å². The minimum Gasteiger partial charge on any atom is -0.396 e. The molecule has 0 radical (unpaired) electrons. The summed E-state index contributed by atoms with van der Waals surface area (Å²) in [5.74, 6) is 0.928. The SMILES string of the molecule is CC(CO)C(C)NC1(CN)CCCCC1C. The van der Waals surface area contributed by atoms with E-state index in [-0.39, 0.29) is 18.1 Å². The van der Waals surface area contributed by atoms with Crippen molar-refractivity contribution in [3.63, 3.8) is 0 Å². The van der Waals surface area contributed by atoms with Crippen molar-refractivity contribution in [1.29, 1.82) is 0 Å². The van der Waals surface area contributed by atoms with Crippen LogP contribution < -0.4 is 11.1 Å². The molecule has 1 fully saturated rings. The molecule has 0 aliphatic heterocycles. The fraction of sp³-hybridized carbons (Fsp3) is 1.00. The van der Waals surface area contributed by atoms with Crippen LogP contribution in [0.2, 0.25) is 0 Å². The number of rotatable bonds is 5. The van der Waals surface area contributed by atoms with Gasteiger partial charge in [-0.2, -0.15) is 0 Å². The molecule has 1 saturated carbocycles. The molecule has 4 N–H and O–H groups in total. The summed E-state index contributed by atoms with van der Waals surface area (Å²) in [6.07, 6.45) is 5.04. The number of aliphatic hydroxyl groups is 1. The predicted octanol–water partition coefficient (Wildman–Crippen LogP) is 1.50. The molecule has 3 nitrogen and oxygen atoms in total. The highest BCUT2D eigenvalue weighted by Gasteiger charge is 2.38. The standard InChI is InChI=1S/C13H28N2O/c1-10(8-16)12(3)15-13(9-14)7-5-4-6-11(13)2/h10-12,15-16H,4-9,14H2,1-3H3. The Balaban J connectivity index is 2.64. The first-order valence-corrected chi connectivity index (χ1v) is 6.64. The molecule has 4 unspecified atom stereocenters. The molecule has 0 heterocycles. The summed E-state index contributed by atoms with van der Waals surface area (Å²) >= 11 is 0. The van der Waals surface area contributed by atoms with Crippen molar-refractivity contribution in [2.75, 3.05) is 13.2 Å². The quantitative estimate of drug-likeness (QED) is 0.668. The first-order valence-electron chi connectivity index (χ1n) is 6.64. The molecule has 0 aromatic rings. The van der Waals surface area contributed by atoms with Crippen molar-refractivity contribution in [1.82, 2.24) is 5.32 Å². The third kappa shape index (κ3) is 2.96. The second-order valence-corrected chi connectivity index (χ2v) is 5.60. The summed E-state index contributed by atoms with van der Waals surface area (Å²) < 4.78 is 0. The molecule has 0 bridgehead atoms. The summed E-state index contributed by atoms with van der Waals surface area (Å²) in [6, 6.07) is 0.328. The van der Waals surface area contributed by atoms with Gasteiger partial charge in [-0.3, -0.25) is 0 Å². The lowest BCUT2D eigenvalue weighted by Crippen LogP contribution is -2.61. The Morgan fingerprint density at radius 2 is 2.12 bits per heavy atom. The van der Waals surface area contributed by atoms with Crippen LogP contribution in [0.5, 0.6) is 0 Å². The van der Waals surface area contributed by atoms with Crippen molar-refractivity contribution >= 4 is 0 Å².